The van der Waals surface area contributed by atoms with Gasteiger partial charge in [0.05, 0.1) is 14.2 Å². The van der Waals surface area contributed by atoms with Crippen molar-refractivity contribution in [2.75, 3.05) is 20.0 Å². The molecular formula is C15H20N2O5S. The van der Waals surface area contributed by atoms with Crippen molar-refractivity contribution in [3.8, 4) is 0 Å². The van der Waals surface area contributed by atoms with Gasteiger partial charge >= 0.3 is 0 Å². The number of anilines is 1. The molecule has 0 aromatic heterocycles. The summed E-state index contributed by atoms with van der Waals surface area (Å²) in [6.07, 6.45) is 1.77. The molecule has 0 saturated heterocycles. The summed E-state index contributed by atoms with van der Waals surface area (Å²) in [5, 5.41) is 4.30. The lowest BCUT2D eigenvalue weighted by molar-refractivity contribution is 0.140. The van der Waals surface area contributed by atoms with Crippen LogP contribution in [0.1, 0.15) is 12.0 Å². The lowest BCUT2D eigenvalue weighted by Crippen LogP contribution is -2.34. The zero-order chi connectivity index (χ0) is 17.0. The Morgan fingerprint density at radius 3 is 2.35 bits per heavy atom. The third kappa shape index (κ3) is 3.96. The minimum absolute atomic E-state index is 0.145. The van der Waals surface area contributed by atoms with Crippen molar-refractivity contribution >= 4 is 15.7 Å². The van der Waals surface area contributed by atoms with Crippen LogP contribution in [0.5, 0.6) is 0 Å². The first-order valence-electron chi connectivity index (χ1n) is 6.88. The Labute approximate surface area is 135 Å². The first kappa shape index (κ1) is 17.2. The fraction of sp³-hybridized carbons (Fsp3) is 0.333. The predicted molar refractivity (Wildman–Crippen MR) is 86.3 cm³/mol. The fourth-order valence-corrected chi connectivity index (χ4v) is 3.11. The average Bonchev–Trinajstić information content (AvgIpc) is 2.52. The molecule has 0 radical (unpaired) electrons. The molecule has 1 unspecified atom stereocenters. The minimum atomic E-state index is -3.84. The number of methoxy groups -OCH3 is 2. The van der Waals surface area contributed by atoms with Crippen LogP contribution in [0.2, 0.25) is 0 Å². The number of hydrogen-bond donors (Lipinski definition) is 2. The van der Waals surface area contributed by atoms with E-state index < -0.39 is 15.3 Å². The van der Waals surface area contributed by atoms with Crippen LogP contribution in [0.3, 0.4) is 0 Å². The normalized spacial score (nSPS) is 18.4. The van der Waals surface area contributed by atoms with Gasteiger partial charge in [0.25, 0.3) is 0 Å². The predicted octanol–water partition coefficient (Wildman–Crippen LogP) is 1.23. The Morgan fingerprint density at radius 2 is 1.83 bits per heavy atom. The molecule has 1 aliphatic rings. The summed E-state index contributed by atoms with van der Waals surface area (Å²) in [5.74, 6) is 0.791. The van der Waals surface area contributed by atoms with Gasteiger partial charge in [0, 0.05) is 5.69 Å². The molecule has 0 amide bonds. The number of primary sulfonamides is 1. The Bertz CT molecular complexity index is 723. The molecule has 7 nitrogen and oxygen atoms in total. The highest BCUT2D eigenvalue weighted by molar-refractivity contribution is 7.90. The summed E-state index contributed by atoms with van der Waals surface area (Å²) in [5.41, 5.74) is 7.11. The van der Waals surface area contributed by atoms with Crippen molar-refractivity contribution in [1.82, 2.24) is 0 Å². The van der Waals surface area contributed by atoms with E-state index in [1.807, 2.05) is 0 Å². The second-order valence-corrected chi connectivity index (χ2v) is 6.76. The molecule has 0 aliphatic heterocycles. The molecule has 23 heavy (non-hydrogen) atoms. The number of sulfonamides is 1. The molecule has 1 atom stereocenters. The molecule has 1 aliphatic carbocycles. The van der Waals surface area contributed by atoms with Crippen molar-refractivity contribution < 1.29 is 22.6 Å². The topological polar surface area (TPSA) is 114 Å². The molecule has 0 heterocycles. The van der Waals surface area contributed by atoms with E-state index in [2.05, 4.69) is 0 Å². The number of nitrogens with two attached hydrogens (primary N) is 2. The van der Waals surface area contributed by atoms with Gasteiger partial charge in [-0.2, -0.15) is 0 Å². The van der Waals surface area contributed by atoms with Crippen LogP contribution >= 0.6 is 0 Å². The van der Waals surface area contributed by atoms with Gasteiger partial charge in [0.15, 0.2) is 17.3 Å². The van der Waals surface area contributed by atoms with Gasteiger partial charge < -0.3 is 19.9 Å². The van der Waals surface area contributed by atoms with Gasteiger partial charge in [0.2, 0.25) is 10.0 Å². The molecule has 1 aromatic carbocycles. The Morgan fingerprint density at radius 1 is 1.17 bits per heavy atom. The summed E-state index contributed by atoms with van der Waals surface area (Å²) in [7, 11) is -0.955. The molecule has 126 valence electrons. The first-order valence-corrected chi connectivity index (χ1v) is 8.49. The van der Waals surface area contributed by atoms with Crippen molar-refractivity contribution in [2.45, 2.75) is 18.3 Å². The van der Waals surface area contributed by atoms with Gasteiger partial charge in [-0.1, -0.05) is 12.1 Å². The van der Waals surface area contributed by atoms with E-state index in [1.54, 1.807) is 30.3 Å². The van der Waals surface area contributed by atoms with Crippen molar-refractivity contribution in [2.24, 2.45) is 5.14 Å². The molecular weight excluding hydrogens is 320 g/mol. The fourth-order valence-electron chi connectivity index (χ4n) is 2.28. The van der Waals surface area contributed by atoms with Crippen LogP contribution in [0.4, 0.5) is 5.69 Å². The van der Waals surface area contributed by atoms with Crippen molar-refractivity contribution in [1.29, 1.82) is 0 Å². The van der Waals surface area contributed by atoms with Crippen LogP contribution in [-0.2, 0) is 30.8 Å². The highest BCUT2D eigenvalue weighted by Gasteiger charge is 2.35. The standard InChI is InChI=1S/C15H20N2O5S/c1-20-12-7-8-13(23(17,18)19)15(14(12)21-2)22-9-10-3-5-11(16)6-4-10/h3-7,13H,8-9,16H2,1-2H3,(H2,17,18,19). The van der Waals surface area contributed by atoms with Crippen LogP contribution in [0.25, 0.3) is 0 Å². The number of benzene rings is 1. The molecule has 0 spiro atoms. The van der Waals surface area contributed by atoms with Crippen molar-refractivity contribution in [3.63, 3.8) is 0 Å². The lowest BCUT2D eigenvalue weighted by Gasteiger charge is -2.25. The van der Waals surface area contributed by atoms with E-state index >= 15 is 0 Å². The zero-order valence-corrected chi connectivity index (χ0v) is 13.8. The smallest absolute Gasteiger partial charge is 0.219 e. The van der Waals surface area contributed by atoms with Crippen LogP contribution < -0.4 is 10.9 Å². The summed E-state index contributed by atoms with van der Waals surface area (Å²) < 4.78 is 39.8. The van der Waals surface area contributed by atoms with E-state index in [4.69, 9.17) is 25.1 Å². The Hall–Kier alpha value is -2.19. The van der Waals surface area contributed by atoms with Crippen LogP contribution in [0.15, 0.2) is 47.6 Å². The van der Waals surface area contributed by atoms with E-state index in [0.717, 1.165) is 5.56 Å². The van der Waals surface area contributed by atoms with E-state index in [-0.39, 0.29) is 24.5 Å². The second kappa shape index (κ2) is 6.93. The number of rotatable bonds is 6. The average molecular weight is 340 g/mol. The van der Waals surface area contributed by atoms with E-state index in [9.17, 15) is 8.42 Å². The summed E-state index contributed by atoms with van der Waals surface area (Å²) >= 11 is 0. The molecule has 4 N–H and O–H groups in total. The van der Waals surface area contributed by atoms with Crippen molar-refractivity contribution in [3.05, 3.63) is 53.2 Å². The first-order chi connectivity index (χ1) is 10.9. The summed E-state index contributed by atoms with van der Waals surface area (Å²) in [6, 6.07) is 7.07. The molecule has 1 aromatic rings. The SMILES string of the molecule is COC1=CCC(S(N)(=O)=O)C(OCc2ccc(N)cc2)=C1OC. The molecule has 2 rings (SSSR count). The zero-order valence-electron chi connectivity index (χ0n) is 13.0. The largest absolute Gasteiger partial charge is 0.493 e. The lowest BCUT2D eigenvalue weighted by atomic mass is 10.1. The number of ether oxygens (including phenoxy) is 3. The van der Waals surface area contributed by atoms with Gasteiger partial charge in [-0.3, -0.25) is 0 Å². The van der Waals surface area contributed by atoms with E-state index in [1.165, 1.54) is 14.2 Å². The maximum absolute atomic E-state index is 11.8. The van der Waals surface area contributed by atoms with E-state index in [0.29, 0.717) is 11.4 Å². The maximum Gasteiger partial charge on any atom is 0.219 e. The third-order valence-electron chi connectivity index (χ3n) is 3.45. The summed E-state index contributed by atoms with van der Waals surface area (Å²) in [6.45, 7) is 0.158. The Kier molecular flexibility index (Phi) is 5.17. The minimum Gasteiger partial charge on any atom is -0.493 e. The highest BCUT2D eigenvalue weighted by Crippen LogP contribution is 2.31. The van der Waals surface area contributed by atoms with Gasteiger partial charge in [0.1, 0.15) is 11.9 Å². The summed E-state index contributed by atoms with van der Waals surface area (Å²) in [4.78, 5) is 0. The molecule has 8 heteroatoms. The third-order valence-corrected chi connectivity index (χ3v) is 4.65. The molecule has 0 saturated carbocycles. The van der Waals surface area contributed by atoms with Gasteiger partial charge in [-0.25, -0.2) is 13.6 Å². The second-order valence-electron chi connectivity index (χ2n) is 5.01. The van der Waals surface area contributed by atoms with Crippen LogP contribution in [0, 0.1) is 0 Å². The van der Waals surface area contributed by atoms with Gasteiger partial charge in [-0.05, 0) is 30.2 Å². The molecule has 0 fully saturated rings. The quantitative estimate of drug-likeness (QED) is 0.753. The Balaban J connectivity index is 2.32. The number of allylic oxidation sites excluding steroid dienone is 1. The van der Waals surface area contributed by atoms with Crippen LogP contribution in [-0.4, -0.2) is 27.9 Å². The number of nitrogen functional groups attached to an aromatic ring is 1. The highest BCUT2D eigenvalue weighted by atomic mass is 32.2. The monoisotopic (exact) mass is 340 g/mol. The molecule has 0 bridgehead atoms. The van der Waals surface area contributed by atoms with Gasteiger partial charge in [-0.15, -0.1) is 0 Å². The maximum atomic E-state index is 11.8. The number of hydrogen-bond acceptors (Lipinski definition) is 6.